The quantitative estimate of drug-likeness (QED) is 0.649. The van der Waals surface area contributed by atoms with Crippen molar-refractivity contribution in [2.45, 2.75) is 13.2 Å². The molecule has 142 valence electrons. The summed E-state index contributed by atoms with van der Waals surface area (Å²) in [5.74, 6) is -0.387. The smallest absolute Gasteiger partial charge is 0.387 e. The maximum atomic E-state index is 14.0. The van der Waals surface area contributed by atoms with Gasteiger partial charge in [0, 0.05) is 43.3 Å². The normalized spacial score (nSPS) is 16.1. The van der Waals surface area contributed by atoms with Crippen molar-refractivity contribution in [3.63, 3.8) is 0 Å². The minimum absolute atomic E-state index is 0.278. The van der Waals surface area contributed by atoms with Crippen LogP contribution in [0.2, 0.25) is 5.02 Å². The van der Waals surface area contributed by atoms with Gasteiger partial charge in [0.15, 0.2) is 0 Å². The van der Waals surface area contributed by atoms with Crippen molar-refractivity contribution in [1.29, 1.82) is 0 Å². The Hall–Kier alpha value is -2.00. The first-order chi connectivity index (χ1) is 13.1. The van der Waals surface area contributed by atoms with Crippen LogP contribution in [0.4, 0.5) is 4.39 Å². The van der Waals surface area contributed by atoms with Crippen molar-refractivity contribution in [2.24, 2.45) is 0 Å². The molecule has 0 bridgehead atoms. The van der Waals surface area contributed by atoms with Gasteiger partial charge < -0.3 is 4.42 Å². The van der Waals surface area contributed by atoms with Crippen molar-refractivity contribution < 1.29 is 8.81 Å². The third-order valence-corrected chi connectivity index (χ3v) is 5.79. The van der Waals surface area contributed by atoms with E-state index in [2.05, 4.69) is 14.9 Å². The van der Waals surface area contributed by atoms with Gasteiger partial charge in [-0.3, -0.25) is 9.80 Å². The second-order valence-corrected chi connectivity index (χ2v) is 7.74. The average molecular weight is 409 g/mol. The SMILES string of the molecule is O=c1oc(-c2cccs2)nn1CN1CCN(Cc2c(F)cccc2Cl)CC1. The molecule has 0 amide bonds. The lowest BCUT2D eigenvalue weighted by Crippen LogP contribution is -2.47. The number of benzene rings is 1. The van der Waals surface area contributed by atoms with Gasteiger partial charge in [-0.15, -0.1) is 16.4 Å². The molecule has 0 atom stereocenters. The first-order valence-electron chi connectivity index (χ1n) is 8.59. The Bertz CT molecular complexity index is 944. The summed E-state index contributed by atoms with van der Waals surface area (Å²) in [5.41, 5.74) is 0.529. The van der Waals surface area contributed by atoms with E-state index in [1.54, 1.807) is 12.1 Å². The molecule has 0 spiro atoms. The first-order valence-corrected chi connectivity index (χ1v) is 9.85. The lowest BCUT2D eigenvalue weighted by molar-refractivity contribution is 0.0957. The number of thiophene rings is 1. The maximum absolute atomic E-state index is 14.0. The number of halogens is 2. The Labute approximate surface area is 164 Å². The predicted octanol–water partition coefficient (Wildman–Crippen LogP) is 3.13. The lowest BCUT2D eigenvalue weighted by Gasteiger charge is -2.34. The van der Waals surface area contributed by atoms with Crippen LogP contribution < -0.4 is 5.76 Å². The number of hydrogen-bond acceptors (Lipinski definition) is 6. The van der Waals surface area contributed by atoms with Crippen LogP contribution in [-0.4, -0.2) is 45.8 Å². The molecular formula is C18H18ClFN4O2S. The number of piperazine rings is 1. The van der Waals surface area contributed by atoms with E-state index in [-0.39, 0.29) is 5.82 Å². The average Bonchev–Trinajstić information content (AvgIpc) is 3.30. The van der Waals surface area contributed by atoms with Crippen LogP contribution in [0, 0.1) is 5.82 Å². The zero-order chi connectivity index (χ0) is 18.8. The Morgan fingerprint density at radius 1 is 1.15 bits per heavy atom. The summed E-state index contributed by atoms with van der Waals surface area (Å²) >= 11 is 7.59. The molecule has 0 radical (unpaired) electrons. The third-order valence-electron chi connectivity index (χ3n) is 4.58. The number of hydrogen-bond donors (Lipinski definition) is 0. The molecule has 2 aromatic heterocycles. The second-order valence-electron chi connectivity index (χ2n) is 6.39. The van der Waals surface area contributed by atoms with Crippen molar-refractivity contribution >= 4 is 22.9 Å². The summed E-state index contributed by atoms with van der Waals surface area (Å²) in [6.45, 7) is 3.87. The Morgan fingerprint density at radius 3 is 2.63 bits per heavy atom. The molecule has 0 unspecified atom stereocenters. The van der Waals surface area contributed by atoms with Gasteiger partial charge in [0.05, 0.1) is 4.88 Å². The summed E-state index contributed by atoms with van der Waals surface area (Å²) in [6.07, 6.45) is 0. The standard InChI is InChI=1S/C18H18ClFN4O2S/c19-14-3-1-4-15(20)13(14)11-22-6-8-23(9-7-22)12-24-18(25)26-17(21-24)16-5-2-10-27-16/h1-5,10H,6-9,11-12H2. The fourth-order valence-electron chi connectivity index (χ4n) is 3.08. The fourth-order valence-corrected chi connectivity index (χ4v) is 3.95. The van der Waals surface area contributed by atoms with Gasteiger partial charge in [0.25, 0.3) is 5.89 Å². The van der Waals surface area contributed by atoms with Crippen LogP contribution in [0.3, 0.4) is 0 Å². The molecule has 1 fully saturated rings. The Balaban J connectivity index is 1.36. The van der Waals surface area contributed by atoms with E-state index in [9.17, 15) is 9.18 Å². The van der Waals surface area contributed by atoms with E-state index in [4.69, 9.17) is 16.0 Å². The highest BCUT2D eigenvalue weighted by Gasteiger charge is 2.21. The highest BCUT2D eigenvalue weighted by atomic mass is 35.5. The summed E-state index contributed by atoms with van der Waals surface area (Å²) < 4.78 is 20.5. The third kappa shape index (κ3) is 4.14. The summed E-state index contributed by atoms with van der Waals surface area (Å²) in [6, 6.07) is 8.50. The molecule has 1 aliphatic heterocycles. The Morgan fingerprint density at radius 2 is 1.93 bits per heavy atom. The molecule has 0 N–H and O–H groups in total. The first kappa shape index (κ1) is 18.4. The van der Waals surface area contributed by atoms with Gasteiger partial charge in [-0.1, -0.05) is 23.7 Å². The van der Waals surface area contributed by atoms with Gasteiger partial charge in [-0.25, -0.2) is 9.18 Å². The number of aromatic nitrogens is 2. The minimum atomic E-state index is -0.459. The molecule has 1 saturated heterocycles. The molecule has 27 heavy (non-hydrogen) atoms. The van der Waals surface area contributed by atoms with Crippen LogP contribution in [-0.2, 0) is 13.2 Å². The topological polar surface area (TPSA) is 54.5 Å². The minimum Gasteiger partial charge on any atom is -0.387 e. The molecule has 0 aliphatic carbocycles. The lowest BCUT2D eigenvalue weighted by atomic mass is 10.2. The van der Waals surface area contributed by atoms with Crippen molar-refractivity contribution in [3.8, 4) is 10.8 Å². The van der Waals surface area contributed by atoms with E-state index < -0.39 is 5.76 Å². The molecule has 0 saturated carbocycles. The molecule has 1 aromatic carbocycles. The fraction of sp³-hybridized carbons (Fsp3) is 0.333. The predicted molar refractivity (Wildman–Crippen MR) is 102 cm³/mol. The van der Waals surface area contributed by atoms with Crippen LogP contribution >= 0.6 is 22.9 Å². The van der Waals surface area contributed by atoms with Gasteiger partial charge in [-0.05, 0) is 23.6 Å². The number of rotatable bonds is 5. The molecule has 3 aromatic rings. The molecule has 9 heteroatoms. The second kappa shape index (κ2) is 7.93. The maximum Gasteiger partial charge on any atom is 0.438 e. The van der Waals surface area contributed by atoms with Crippen molar-refractivity contribution in [3.05, 3.63) is 62.7 Å². The van der Waals surface area contributed by atoms with E-state index >= 15 is 0 Å². The van der Waals surface area contributed by atoms with Crippen LogP contribution in [0.25, 0.3) is 10.8 Å². The number of nitrogens with zero attached hydrogens (tertiary/aromatic N) is 4. The van der Waals surface area contributed by atoms with Gasteiger partial charge in [-0.2, -0.15) is 4.68 Å². The van der Waals surface area contributed by atoms with Crippen LogP contribution in [0.15, 0.2) is 44.9 Å². The van der Waals surface area contributed by atoms with Crippen molar-refractivity contribution in [2.75, 3.05) is 26.2 Å². The zero-order valence-corrected chi connectivity index (χ0v) is 16.0. The van der Waals surface area contributed by atoms with Crippen LogP contribution in [0.1, 0.15) is 5.56 Å². The molecule has 3 heterocycles. The molecule has 1 aliphatic rings. The summed E-state index contributed by atoms with van der Waals surface area (Å²) in [5, 5.41) is 6.65. The van der Waals surface area contributed by atoms with Gasteiger partial charge >= 0.3 is 5.76 Å². The van der Waals surface area contributed by atoms with E-state index in [1.807, 2.05) is 17.5 Å². The molecule has 4 rings (SSSR count). The van der Waals surface area contributed by atoms with Gasteiger partial charge in [0.2, 0.25) is 0 Å². The summed E-state index contributed by atoms with van der Waals surface area (Å²) in [7, 11) is 0. The summed E-state index contributed by atoms with van der Waals surface area (Å²) in [4.78, 5) is 17.1. The van der Waals surface area contributed by atoms with Crippen LogP contribution in [0.5, 0.6) is 0 Å². The van der Waals surface area contributed by atoms with Crippen molar-refractivity contribution in [1.82, 2.24) is 19.6 Å². The molecular weight excluding hydrogens is 391 g/mol. The Kier molecular flexibility index (Phi) is 5.40. The van der Waals surface area contributed by atoms with E-state index in [0.29, 0.717) is 29.7 Å². The van der Waals surface area contributed by atoms with E-state index in [1.165, 1.54) is 22.1 Å². The zero-order valence-electron chi connectivity index (χ0n) is 14.5. The largest absolute Gasteiger partial charge is 0.438 e. The monoisotopic (exact) mass is 408 g/mol. The van der Waals surface area contributed by atoms with Gasteiger partial charge in [0.1, 0.15) is 12.5 Å². The highest BCUT2D eigenvalue weighted by Crippen LogP contribution is 2.22. The van der Waals surface area contributed by atoms with E-state index in [0.717, 1.165) is 31.1 Å². The highest BCUT2D eigenvalue weighted by molar-refractivity contribution is 7.13. The molecule has 6 nitrogen and oxygen atoms in total.